The minimum Gasteiger partial charge on any atom is -0.489 e. The van der Waals surface area contributed by atoms with Gasteiger partial charge in [-0.05, 0) is 46.2 Å². The molecule has 1 aliphatic rings. The Kier molecular flexibility index (Phi) is 5.90. The highest BCUT2D eigenvalue weighted by molar-refractivity contribution is 5.86. The third-order valence-corrected chi connectivity index (χ3v) is 5.74. The van der Waals surface area contributed by atoms with Crippen LogP contribution in [-0.2, 0) is 27.9 Å². The average Bonchev–Trinajstić information content (AvgIpc) is 2.76. The molecule has 3 nitrogen and oxygen atoms in total. The summed E-state index contributed by atoms with van der Waals surface area (Å²) in [5.41, 5.74) is 0.0652. The van der Waals surface area contributed by atoms with E-state index in [1.54, 1.807) is 31.4 Å². The Morgan fingerprint density at radius 3 is 2.48 bits per heavy atom. The quantitative estimate of drug-likeness (QED) is 0.446. The molecule has 1 heterocycles. The molecule has 1 fully saturated rings. The minimum absolute atomic E-state index is 0.0954. The number of halogens is 4. The molecule has 0 spiro atoms. The Morgan fingerprint density at radius 1 is 1.00 bits per heavy atom. The molecule has 0 radical (unpaired) electrons. The highest BCUT2D eigenvalue weighted by Gasteiger charge is 2.35. The predicted molar refractivity (Wildman–Crippen MR) is 108 cm³/mol. The molecule has 0 aromatic heterocycles. The molecular formula is C24H22F4O3. The van der Waals surface area contributed by atoms with Crippen molar-refractivity contribution in [1.82, 2.24) is 0 Å². The van der Waals surface area contributed by atoms with Gasteiger partial charge in [0.25, 0.3) is 0 Å². The molecule has 0 bridgehead atoms. The highest BCUT2D eigenvalue weighted by atomic mass is 19.4. The lowest BCUT2D eigenvalue weighted by Crippen LogP contribution is -2.35. The second-order valence-electron chi connectivity index (χ2n) is 7.63. The van der Waals surface area contributed by atoms with Crippen molar-refractivity contribution >= 4 is 10.8 Å². The summed E-state index contributed by atoms with van der Waals surface area (Å²) in [6, 6.07) is 13.2. The first kappa shape index (κ1) is 21.6. The van der Waals surface area contributed by atoms with Crippen LogP contribution in [-0.4, -0.2) is 20.3 Å². The van der Waals surface area contributed by atoms with Crippen molar-refractivity contribution < 1.29 is 31.8 Å². The van der Waals surface area contributed by atoms with Crippen LogP contribution in [0.3, 0.4) is 0 Å². The molecule has 0 N–H and O–H groups in total. The number of rotatable bonds is 5. The van der Waals surface area contributed by atoms with Crippen LogP contribution < -0.4 is 4.74 Å². The predicted octanol–water partition coefficient (Wildman–Crippen LogP) is 6.23. The van der Waals surface area contributed by atoms with Crippen LogP contribution in [0.4, 0.5) is 17.6 Å². The van der Waals surface area contributed by atoms with Crippen LogP contribution in [0.5, 0.6) is 5.75 Å². The second-order valence-corrected chi connectivity index (χ2v) is 7.63. The van der Waals surface area contributed by atoms with Gasteiger partial charge in [-0.2, -0.15) is 13.2 Å². The smallest absolute Gasteiger partial charge is 0.417 e. The van der Waals surface area contributed by atoms with Crippen LogP contribution in [0, 0.1) is 5.82 Å². The van der Waals surface area contributed by atoms with E-state index in [1.807, 2.05) is 0 Å². The molecular weight excluding hydrogens is 412 g/mol. The van der Waals surface area contributed by atoms with E-state index in [0.717, 1.165) is 6.07 Å². The zero-order chi connectivity index (χ0) is 22.1. The van der Waals surface area contributed by atoms with E-state index in [-0.39, 0.29) is 12.0 Å². The van der Waals surface area contributed by atoms with E-state index in [0.29, 0.717) is 48.3 Å². The van der Waals surface area contributed by atoms with Crippen molar-refractivity contribution in [2.75, 3.05) is 20.3 Å². The molecule has 3 aromatic rings. The van der Waals surface area contributed by atoms with Crippen LogP contribution in [0.15, 0.2) is 54.6 Å². The molecule has 4 rings (SSSR count). The summed E-state index contributed by atoms with van der Waals surface area (Å²) >= 11 is 0. The second kappa shape index (κ2) is 8.48. The van der Waals surface area contributed by atoms with E-state index < -0.39 is 23.2 Å². The molecule has 31 heavy (non-hydrogen) atoms. The maximum Gasteiger partial charge on any atom is 0.417 e. The first-order chi connectivity index (χ1) is 14.8. The number of alkyl halides is 3. The van der Waals surface area contributed by atoms with Crippen LogP contribution in [0.2, 0.25) is 0 Å². The summed E-state index contributed by atoms with van der Waals surface area (Å²) in [6.45, 7) is 1.15. The van der Waals surface area contributed by atoms with Gasteiger partial charge in [0, 0.05) is 39.2 Å². The fourth-order valence-corrected chi connectivity index (χ4v) is 4.06. The summed E-state index contributed by atoms with van der Waals surface area (Å²) in [5.74, 6) is -0.106. The third-order valence-electron chi connectivity index (χ3n) is 5.74. The fraction of sp³-hybridized carbons (Fsp3) is 0.333. The standard InChI is InChI=1S/C24H22F4O3/c1-29-23(7-9-30-10-8-23)18-12-19(25)14-20(13-18)31-15-16-5-6-21-17(11-16)3-2-4-22(21)24(26,27)28/h2-6,11-14H,7-10,15H2,1H3. The Bertz CT molecular complexity index is 1070. The van der Waals surface area contributed by atoms with Gasteiger partial charge >= 0.3 is 6.18 Å². The molecule has 0 amide bonds. The molecule has 0 aliphatic carbocycles. The Hall–Kier alpha value is -2.64. The lowest BCUT2D eigenvalue weighted by Gasteiger charge is -2.36. The Labute approximate surface area is 177 Å². The lowest BCUT2D eigenvalue weighted by molar-refractivity contribution is -0.136. The fourth-order valence-electron chi connectivity index (χ4n) is 4.06. The lowest BCUT2D eigenvalue weighted by atomic mass is 9.86. The number of hydrogen-bond acceptors (Lipinski definition) is 3. The van der Waals surface area contributed by atoms with Crippen molar-refractivity contribution in [3.63, 3.8) is 0 Å². The third kappa shape index (κ3) is 4.52. The minimum atomic E-state index is -4.42. The van der Waals surface area contributed by atoms with Crippen molar-refractivity contribution in [3.8, 4) is 5.75 Å². The van der Waals surface area contributed by atoms with Gasteiger partial charge in [-0.25, -0.2) is 4.39 Å². The maximum atomic E-state index is 14.3. The first-order valence-corrected chi connectivity index (χ1v) is 9.96. The molecule has 0 saturated carbocycles. The van der Waals surface area contributed by atoms with Crippen molar-refractivity contribution in [3.05, 3.63) is 77.1 Å². The van der Waals surface area contributed by atoms with E-state index in [9.17, 15) is 17.6 Å². The van der Waals surface area contributed by atoms with Crippen molar-refractivity contribution in [2.24, 2.45) is 0 Å². The highest BCUT2D eigenvalue weighted by Crippen LogP contribution is 2.38. The summed E-state index contributed by atoms with van der Waals surface area (Å²) < 4.78 is 70.8. The first-order valence-electron chi connectivity index (χ1n) is 9.96. The van der Waals surface area contributed by atoms with E-state index in [4.69, 9.17) is 14.2 Å². The normalized spacial score (nSPS) is 16.4. The monoisotopic (exact) mass is 434 g/mol. The summed E-state index contributed by atoms with van der Waals surface area (Å²) in [4.78, 5) is 0. The molecule has 3 aromatic carbocycles. The number of fused-ring (bicyclic) bond motifs is 1. The van der Waals surface area contributed by atoms with Gasteiger partial charge in [0.2, 0.25) is 0 Å². The van der Waals surface area contributed by atoms with Crippen LogP contribution in [0.25, 0.3) is 10.8 Å². The number of methoxy groups -OCH3 is 1. The average molecular weight is 434 g/mol. The summed E-state index contributed by atoms with van der Waals surface area (Å²) in [5, 5.41) is 0.602. The molecule has 1 saturated heterocycles. The zero-order valence-electron chi connectivity index (χ0n) is 17.0. The van der Waals surface area contributed by atoms with Gasteiger partial charge in [0.05, 0.1) is 11.2 Å². The van der Waals surface area contributed by atoms with E-state index in [1.165, 1.54) is 24.3 Å². The van der Waals surface area contributed by atoms with E-state index in [2.05, 4.69) is 0 Å². The van der Waals surface area contributed by atoms with Crippen LogP contribution in [0.1, 0.15) is 29.5 Å². The Morgan fingerprint density at radius 2 is 1.77 bits per heavy atom. The number of ether oxygens (including phenoxy) is 3. The van der Waals surface area contributed by atoms with Gasteiger partial charge in [-0.1, -0.05) is 24.3 Å². The topological polar surface area (TPSA) is 27.7 Å². The number of hydrogen-bond donors (Lipinski definition) is 0. The number of benzene rings is 3. The molecule has 7 heteroatoms. The van der Waals surface area contributed by atoms with Crippen molar-refractivity contribution in [2.45, 2.75) is 31.2 Å². The van der Waals surface area contributed by atoms with Gasteiger partial charge in [0.1, 0.15) is 18.2 Å². The largest absolute Gasteiger partial charge is 0.489 e. The SMILES string of the molecule is COC1(c2cc(F)cc(OCc3ccc4c(C(F)(F)F)cccc4c3)c2)CCOCC1. The van der Waals surface area contributed by atoms with Gasteiger partial charge in [-0.15, -0.1) is 0 Å². The maximum absolute atomic E-state index is 14.3. The molecule has 0 atom stereocenters. The van der Waals surface area contributed by atoms with Crippen molar-refractivity contribution in [1.29, 1.82) is 0 Å². The summed E-state index contributed by atoms with van der Waals surface area (Å²) in [6.07, 6.45) is -3.20. The van der Waals surface area contributed by atoms with Gasteiger partial charge in [0.15, 0.2) is 0 Å². The zero-order valence-corrected chi connectivity index (χ0v) is 17.0. The van der Waals surface area contributed by atoms with Gasteiger partial charge < -0.3 is 14.2 Å². The Balaban J connectivity index is 1.57. The van der Waals surface area contributed by atoms with Gasteiger partial charge in [-0.3, -0.25) is 0 Å². The van der Waals surface area contributed by atoms with E-state index >= 15 is 0 Å². The summed E-state index contributed by atoms with van der Waals surface area (Å²) in [7, 11) is 1.60. The molecule has 0 unspecified atom stereocenters. The van der Waals surface area contributed by atoms with Crippen LogP contribution >= 0.6 is 0 Å². The molecule has 1 aliphatic heterocycles. The molecule has 164 valence electrons.